The Bertz CT molecular complexity index is 1060. The van der Waals surface area contributed by atoms with Crippen LogP contribution in [0.25, 0.3) is 0 Å². The van der Waals surface area contributed by atoms with Gasteiger partial charge in [-0.3, -0.25) is 4.79 Å². The summed E-state index contributed by atoms with van der Waals surface area (Å²) in [6.07, 6.45) is 0.662. The number of rotatable bonds is 11. The second kappa shape index (κ2) is 11.7. The highest BCUT2D eigenvalue weighted by atomic mass is 16.5. The third kappa shape index (κ3) is 6.32. The van der Waals surface area contributed by atoms with E-state index in [0.717, 1.165) is 16.9 Å². The van der Waals surface area contributed by atoms with E-state index in [9.17, 15) is 4.79 Å². The lowest BCUT2D eigenvalue weighted by molar-refractivity contribution is 0.0954. The van der Waals surface area contributed by atoms with Gasteiger partial charge in [0.25, 0.3) is 5.91 Å². The number of hydrogen-bond donors (Lipinski definition) is 1. The van der Waals surface area contributed by atoms with Crippen molar-refractivity contribution in [2.45, 2.75) is 13.0 Å². The van der Waals surface area contributed by atoms with Crippen LogP contribution in [0.2, 0.25) is 0 Å². The fraction of sp³-hybridized carbons (Fsp3) is 0.269. The fourth-order valence-electron chi connectivity index (χ4n) is 3.32. The predicted octanol–water partition coefficient (Wildman–Crippen LogP) is 4.27. The Morgan fingerprint density at radius 3 is 2.06 bits per heavy atom. The first-order valence-corrected chi connectivity index (χ1v) is 10.5. The minimum Gasteiger partial charge on any atom is -0.497 e. The number of ether oxygens (including phenoxy) is 5. The Morgan fingerprint density at radius 1 is 0.727 bits per heavy atom. The molecular weight excluding hydrogens is 422 g/mol. The Balaban J connectivity index is 1.60. The SMILES string of the molecule is COc1ccc(OCc2cc(C(=O)NCCc3ccc(OC)c(OC)c3)ccc2OC)cc1. The van der Waals surface area contributed by atoms with Crippen LogP contribution in [0.4, 0.5) is 0 Å². The third-order valence-electron chi connectivity index (χ3n) is 5.14. The van der Waals surface area contributed by atoms with Crippen LogP contribution in [-0.4, -0.2) is 40.9 Å². The van der Waals surface area contributed by atoms with Gasteiger partial charge in [-0.2, -0.15) is 0 Å². The summed E-state index contributed by atoms with van der Waals surface area (Å²) in [6.45, 7) is 0.750. The molecule has 0 unspecified atom stereocenters. The van der Waals surface area contributed by atoms with E-state index in [1.165, 1.54) is 0 Å². The highest BCUT2D eigenvalue weighted by molar-refractivity contribution is 5.94. The lowest BCUT2D eigenvalue weighted by Gasteiger charge is -2.13. The molecule has 3 rings (SSSR count). The lowest BCUT2D eigenvalue weighted by atomic mass is 10.1. The van der Waals surface area contributed by atoms with E-state index < -0.39 is 0 Å². The quantitative estimate of drug-likeness (QED) is 0.469. The molecule has 0 aliphatic heterocycles. The van der Waals surface area contributed by atoms with Crippen LogP contribution in [0.5, 0.6) is 28.7 Å². The zero-order chi connectivity index (χ0) is 23.6. The van der Waals surface area contributed by atoms with Crippen LogP contribution >= 0.6 is 0 Å². The number of methoxy groups -OCH3 is 4. The van der Waals surface area contributed by atoms with Crippen molar-refractivity contribution in [2.24, 2.45) is 0 Å². The van der Waals surface area contributed by atoms with E-state index in [0.29, 0.717) is 41.5 Å². The van der Waals surface area contributed by atoms with Gasteiger partial charge in [0.05, 0.1) is 28.4 Å². The van der Waals surface area contributed by atoms with Crippen molar-refractivity contribution in [3.05, 3.63) is 77.4 Å². The van der Waals surface area contributed by atoms with Crippen molar-refractivity contribution in [1.29, 1.82) is 0 Å². The van der Waals surface area contributed by atoms with Crippen LogP contribution in [-0.2, 0) is 13.0 Å². The molecule has 0 radical (unpaired) electrons. The molecule has 0 spiro atoms. The van der Waals surface area contributed by atoms with Gasteiger partial charge in [0.15, 0.2) is 11.5 Å². The van der Waals surface area contributed by atoms with E-state index in [2.05, 4.69) is 5.32 Å². The summed E-state index contributed by atoms with van der Waals surface area (Å²) in [5.41, 5.74) is 2.36. The lowest BCUT2D eigenvalue weighted by Crippen LogP contribution is -2.25. The maximum atomic E-state index is 12.7. The summed E-state index contributed by atoms with van der Waals surface area (Å²) in [7, 11) is 6.41. The third-order valence-corrected chi connectivity index (χ3v) is 5.14. The Morgan fingerprint density at radius 2 is 1.39 bits per heavy atom. The molecule has 0 atom stereocenters. The molecule has 3 aromatic rings. The van der Waals surface area contributed by atoms with Gasteiger partial charge in [0.2, 0.25) is 0 Å². The minimum absolute atomic E-state index is 0.163. The van der Waals surface area contributed by atoms with E-state index in [-0.39, 0.29) is 12.5 Å². The summed E-state index contributed by atoms with van der Waals surface area (Å²) in [4.78, 5) is 12.7. The molecule has 7 heteroatoms. The molecule has 0 aliphatic rings. The van der Waals surface area contributed by atoms with Gasteiger partial charge in [-0.25, -0.2) is 0 Å². The summed E-state index contributed by atoms with van der Waals surface area (Å²) in [5.74, 6) is 3.29. The van der Waals surface area contributed by atoms with Crippen molar-refractivity contribution in [3.63, 3.8) is 0 Å². The summed E-state index contributed by atoms with van der Waals surface area (Å²) in [6, 6.07) is 18.3. The first-order chi connectivity index (χ1) is 16.1. The molecule has 0 aromatic heterocycles. The van der Waals surface area contributed by atoms with Crippen molar-refractivity contribution >= 4 is 5.91 Å². The van der Waals surface area contributed by atoms with Crippen LogP contribution in [0, 0.1) is 0 Å². The van der Waals surface area contributed by atoms with Crippen LogP contribution < -0.4 is 29.0 Å². The maximum absolute atomic E-state index is 12.7. The summed E-state index contributed by atoms with van der Waals surface area (Å²) in [5, 5.41) is 2.96. The molecule has 0 saturated heterocycles. The predicted molar refractivity (Wildman–Crippen MR) is 126 cm³/mol. The topological polar surface area (TPSA) is 75.3 Å². The van der Waals surface area contributed by atoms with E-state index in [1.54, 1.807) is 46.6 Å². The molecule has 0 aliphatic carbocycles. The second-order valence-corrected chi connectivity index (χ2v) is 7.19. The van der Waals surface area contributed by atoms with Crippen molar-refractivity contribution in [1.82, 2.24) is 5.32 Å². The van der Waals surface area contributed by atoms with Crippen LogP contribution in [0.1, 0.15) is 21.5 Å². The standard InChI is InChI=1S/C26H29NO6/c1-29-21-7-9-22(10-8-21)33-17-20-16-19(6-12-23(20)30-2)26(28)27-14-13-18-5-11-24(31-3)25(15-18)32-4/h5-12,15-16H,13-14,17H2,1-4H3,(H,27,28). The van der Waals surface area contributed by atoms with E-state index in [4.69, 9.17) is 23.7 Å². The number of nitrogens with one attached hydrogen (secondary N) is 1. The zero-order valence-electron chi connectivity index (χ0n) is 19.3. The maximum Gasteiger partial charge on any atom is 0.251 e. The molecule has 1 amide bonds. The Labute approximate surface area is 194 Å². The average Bonchev–Trinajstić information content (AvgIpc) is 2.87. The van der Waals surface area contributed by atoms with E-state index in [1.807, 2.05) is 42.5 Å². The van der Waals surface area contributed by atoms with Gasteiger partial charge in [0.1, 0.15) is 23.9 Å². The summed E-state index contributed by atoms with van der Waals surface area (Å²) < 4.78 is 27.0. The Kier molecular flexibility index (Phi) is 8.41. The molecule has 0 fully saturated rings. The number of benzene rings is 3. The van der Waals surface area contributed by atoms with Gasteiger partial charge in [0, 0.05) is 17.7 Å². The molecule has 3 aromatic carbocycles. The average molecular weight is 452 g/mol. The number of carbonyl (C=O) groups is 1. The monoisotopic (exact) mass is 451 g/mol. The molecule has 0 saturated carbocycles. The molecule has 0 bridgehead atoms. The van der Waals surface area contributed by atoms with E-state index >= 15 is 0 Å². The smallest absolute Gasteiger partial charge is 0.251 e. The van der Waals surface area contributed by atoms with Crippen molar-refractivity contribution in [2.75, 3.05) is 35.0 Å². The summed E-state index contributed by atoms with van der Waals surface area (Å²) >= 11 is 0. The Hall–Kier alpha value is -3.87. The molecule has 1 N–H and O–H groups in total. The normalized spacial score (nSPS) is 10.3. The fourth-order valence-corrected chi connectivity index (χ4v) is 3.32. The highest BCUT2D eigenvalue weighted by Crippen LogP contribution is 2.28. The number of carbonyl (C=O) groups excluding carboxylic acids is 1. The molecule has 0 heterocycles. The van der Waals surface area contributed by atoms with Gasteiger partial charge < -0.3 is 29.0 Å². The van der Waals surface area contributed by atoms with Crippen molar-refractivity contribution in [3.8, 4) is 28.7 Å². The number of hydrogen-bond acceptors (Lipinski definition) is 6. The van der Waals surface area contributed by atoms with Gasteiger partial charge in [-0.05, 0) is 66.6 Å². The molecular formula is C26H29NO6. The van der Waals surface area contributed by atoms with Gasteiger partial charge in [-0.1, -0.05) is 6.07 Å². The minimum atomic E-state index is -0.163. The first-order valence-electron chi connectivity index (χ1n) is 10.5. The number of amides is 1. The zero-order valence-corrected chi connectivity index (χ0v) is 19.3. The van der Waals surface area contributed by atoms with Crippen LogP contribution in [0.3, 0.4) is 0 Å². The molecule has 33 heavy (non-hydrogen) atoms. The molecule has 174 valence electrons. The highest BCUT2D eigenvalue weighted by Gasteiger charge is 2.12. The first kappa shape index (κ1) is 23.8. The second-order valence-electron chi connectivity index (χ2n) is 7.19. The van der Waals surface area contributed by atoms with Crippen LogP contribution in [0.15, 0.2) is 60.7 Å². The molecule has 7 nitrogen and oxygen atoms in total. The van der Waals surface area contributed by atoms with Gasteiger partial charge in [-0.15, -0.1) is 0 Å². The van der Waals surface area contributed by atoms with Crippen molar-refractivity contribution < 1.29 is 28.5 Å². The van der Waals surface area contributed by atoms with Gasteiger partial charge >= 0.3 is 0 Å². The largest absolute Gasteiger partial charge is 0.497 e.